The number of carbonyl (C=O) groups is 5. The smallest absolute Gasteiger partial charge is 0.416 e. The fraction of sp³-hybridized carbons (Fsp3) is 0.340. The van der Waals surface area contributed by atoms with E-state index >= 15 is 0 Å². The summed E-state index contributed by atoms with van der Waals surface area (Å²) in [5, 5.41) is 4.73. The topological polar surface area (TPSA) is 262 Å². The van der Waals surface area contributed by atoms with Crippen molar-refractivity contribution < 1.29 is 70.3 Å². The predicted octanol–water partition coefficient (Wildman–Crippen LogP) is 3.85. The van der Waals surface area contributed by atoms with E-state index in [1.54, 1.807) is 38.4 Å². The number of Topliss-reactive ketones (excluding diaryl/α,β-unsaturated/α-hetero) is 2. The van der Waals surface area contributed by atoms with Crippen molar-refractivity contribution in [3.8, 4) is 11.8 Å². The van der Waals surface area contributed by atoms with Crippen LogP contribution in [-0.2, 0) is 82.2 Å². The number of anilines is 2. The number of hydrogen-bond donors (Lipinski definition) is 2. The summed E-state index contributed by atoms with van der Waals surface area (Å²) in [5.41, 5.74) is 7.66. The Morgan fingerprint density at radius 2 is 1.15 bits per heavy atom. The number of alkyl halides is 2. The monoisotopic (exact) mass is 1340 g/mol. The van der Waals surface area contributed by atoms with E-state index in [2.05, 4.69) is 70.4 Å². The van der Waals surface area contributed by atoms with Crippen LogP contribution in [0.1, 0.15) is 22.5 Å². The van der Waals surface area contributed by atoms with Crippen molar-refractivity contribution in [2.24, 2.45) is 19.8 Å². The molecule has 2 amide bonds. The third kappa shape index (κ3) is 15.0. The van der Waals surface area contributed by atoms with Gasteiger partial charge in [-0.2, -0.15) is 27.0 Å². The summed E-state index contributed by atoms with van der Waals surface area (Å²) in [7, 11) is 3.19. The first-order chi connectivity index (χ1) is 34.6. The zero-order valence-corrected chi connectivity index (χ0v) is 47.8. The number of rotatable bonds is 10. The first-order valence-corrected chi connectivity index (χ1v) is 25.2. The van der Waals surface area contributed by atoms with Crippen LogP contribution in [0.2, 0.25) is 0 Å². The maximum atomic E-state index is 14.5. The minimum atomic E-state index is -0.556. The second-order valence-electron chi connectivity index (χ2n) is 16.3. The average molecular weight is 1340 g/mol. The van der Waals surface area contributed by atoms with Gasteiger partial charge in [-0.15, -0.1) is 0 Å². The van der Waals surface area contributed by atoms with Crippen LogP contribution in [0.5, 0.6) is 11.8 Å². The van der Waals surface area contributed by atoms with E-state index in [-0.39, 0.29) is 131 Å². The summed E-state index contributed by atoms with van der Waals surface area (Å²) in [6.45, 7) is 1.60. The number of ketones is 2. The van der Waals surface area contributed by atoms with E-state index in [0.717, 1.165) is 10.8 Å². The molecule has 28 heteroatoms. The first-order valence-electron chi connectivity index (χ1n) is 22.1. The van der Waals surface area contributed by atoms with Crippen LogP contribution in [0.15, 0.2) is 70.5 Å². The molecule has 75 heavy (non-hydrogen) atoms. The van der Waals surface area contributed by atoms with Crippen LogP contribution >= 0.6 is 72.2 Å². The molecule has 1 radical (unpaired) electrons. The van der Waals surface area contributed by atoms with Crippen LogP contribution < -0.4 is 41.4 Å². The summed E-state index contributed by atoms with van der Waals surface area (Å²) >= 11 is 4.55. The molecule has 2 atom stereocenters. The summed E-state index contributed by atoms with van der Waals surface area (Å²) < 4.78 is 52.9. The number of pyridine rings is 2. The van der Waals surface area contributed by atoms with E-state index in [4.69, 9.17) is 24.7 Å². The van der Waals surface area contributed by atoms with Gasteiger partial charge in [0.25, 0.3) is 11.1 Å². The van der Waals surface area contributed by atoms with Crippen molar-refractivity contribution in [2.45, 2.75) is 37.9 Å². The number of hydrogen-bond acceptors (Lipinski definition) is 17. The molecular formula is C47H50F2I2N10O11S2V. The number of carbonyl (C=O) groups excluding carboxylic acids is 5. The maximum absolute atomic E-state index is 14.5. The van der Waals surface area contributed by atoms with Gasteiger partial charge in [0.15, 0.2) is 23.2 Å². The third-order valence-electron chi connectivity index (χ3n) is 11.5. The van der Waals surface area contributed by atoms with Crippen molar-refractivity contribution >= 4 is 136 Å². The molecule has 3 N–H and O–H groups in total. The van der Waals surface area contributed by atoms with Gasteiger partial charge < -0.3 is 43.9 Å². The molecule has 6 aromatic rings. The second-order valence-corrected chi connectivity index (χ2v) is 20.7. The molecule has 2 aromatic carbocycles. The maximum Gasteiger partial charge on any atom is 0.416 e. The van der Waals surface area contributed by atoms with E-state index < -0.39 is 24.1 Å². The summed E-state index contributed by atoms with van der Waals surface area (Å²) in [6, 6.07) is 12.2. The molecule has 2 fully saturated rings. The third-order valence-corrected chi connectivity index (χ3v) is 11.5. The minimum Gasteiger partial charge on any atom is -0.468 e. The van der Waals surface area contributed by atoms with Crippen molar-refractivity contribution in [3.05, 3.63) is 116 Å². The number of nitrogens with two attached hydrogens (primary N) is 1. The number of cyclic esters (lactones) is 2. The molecule has 0 aliphatic carbocycles. The summed E-state index contributed by atoms with van der Waals surface area (Å²) in [5.74, 6) is 0.276. The molecule has 4 aliphatic rings. The standard InChI is InChI=1S/C23H22FN5O5.C12H10FNO2.C11H12N4O4.CH2I2.2H2S.V/c1-28-20(31)5-3-13-2-4-17(24)16(21(13)28)6-7-25-9-15-11-29(23(32)34-15)19-10-26-22-18(27-19)8-14(30)12-33-22;1-14-11(16)5-3-8-2-4-10(13)9(6-7-15)12(8)14;12-2-7-4-15(11(17)19-7)9-3-13-10-8(14-9)1-6(16)5-18-10;2-1-3;;;/h2-5,10,15,25H,6-9,11-12H2,1H3;2-5,7H,6H2,1H3;3,7H,1-2,4-5,12H2;1H2;2*1H2;/t15-;;7-;;;;/m0.0..../s1. The summed E-state index contributed by atoms with van der Waals surface area (Å²) in [4.78, 5) is 100. The largest absolute Gasteiger partial charge is 0.468 e. The Labute approximate surface area is 480 Å². The molecule has 0 bridgehead atoms. The molecular weight excluding hydrogens is 1290 g/mol. The van der Waals surface area contributed by atoms with E-state index in [0.29, 0.717) is 83.7 Å². The normalized spacial score (nSPS) is 16.0. The number of nitrogens with zero attached hydrogens (tertiary/aromatic N) is 8. The number of halogens is 4. The Hall–Kier alpha value is -5.31. The Bertz CT molecular complexity index is 3200. The molecule has 0 unspecified atom stereocenters. The van der Waals surface area contributed by atoms with Gasteiger partial charge in [0.1, 0.15) is 54.7 Å². The number of ether oxygens (including phenoxy) is 4. The van der Waals surface area contributed by atoms with Crippen molar-refractivity contribution in [2.75, 3.05) is 58.2 Å². The van der Waals surface area contributed by atoms with Crippen molar-refractivity contribution in [3.63, 3.8) is 0 Å². The van der Waals surface area contributed by atoms with Gasteiger partial charge in [-0.1, -0.05) is 45.2 Å². The molecule has 8 heterocycles. The van der Waals surface area contributed by atoms with Crippen molar-refractivity contribution in [1.82, 2.24) is 34.4 Å². The second kappa shape index (κ2) is 28.7. The van der Waals surface area contributed by atoms with Gasteiger partial charge in [0.2, 0.25) is 11.8 Å². The van der Waals surface area contributed by atoms with Gasteiger partial charge in [0, 0.05) is 75.4 Å². The van der Waals surface area contributed by atoms with Gasteiger partial charge in [0.05, 0.1) is 51.8 Å². The summed E-state index contributed by atoms with van der Waals surface area (Å²) in [6.07, 6.45) is 2.23. The number of aldehydes is 1. The Morgan fingerprint density at radius 1 is 0.707 bits per heavy atom. The van der Waals surface area contributed by atoms with Crippen LogP contribution in [-0.4, -0.2) is 120 Å². The van der Waals surface area contributed by atoms with Gasteiger partial charge >= 0.3 is 12.2 Å². The Kier molecular flexibility index (Phi) is 23.8. The van der Waals surface area contributed by atoms with Crippen molar-refractivity contribution in [1.29, 1.82) is 0 Å². The minimum absolute atomic E-state index is 0. The van der Waals surface area contributed by atoms with Crippen LogP contribution in [0.4, 0.5) is 30.0 Å². The van der Waals surface area contributed by atoms with Gasteiger partial charge in [-0.3, -0.25) is 29.0 Å². The number of aromatic nitrogens is 6. The van der Waals surface area contributed by atoms with Gasteiger partial charge in [-0.05, 0) is 60.1 Å². The number of benzene rings is 2. The number of fused-ring (bicyclic) bond motifs is 4. The molecule has 10 rings (SSSR count). The van der Waals surface area contributed by atoms with Crippen LogP contribution in [0.25, 0.3) is 21.8 Å². The quantitative estimate of drug-likeness (QED) is 0.0854. The molecule has 21 nitrogen and oxygen atoms in total. The molecule has 399 valence electrons. The first kappa shape index (κ1) is 62.2. The molecule has 0 spiro atoms. The van der Waals surface area contributed by atoms with E-state index in [1.807, 2.05) is 0 Å². The fourth-order valence-electron chi connectivity index (χ4n) is 8.04. The molecule has 4 aliphatic heterocycles. The average Bonchev–Trinajstić information content (AvgIpc) is 3.95. The van der Waals surface area contributed by atoms with E-state index in [1.165, 1.54) is 58.0 Å². The Morgan fingerprint density at radius 3 is 1.61 bits per heavy atom. The molecule has 2 saturated heterocycles. The molecule has 0 saturated carbocycles. The zero-order valence-electron chi connectivity index (χ0n) is 40.1. The zero-order chi connectivity index (χ0) is 51.6. The van der Waals surface area contributed by atoms with Crippen LogP contribution in [0.3, 0.4) is 0 Å². The number of amides is 2. The fourth-order valence-corrected chi connectivity index (χ4v) is 8.04. The SMILES string of the molecule is Cn1c(=O)ccc2ccc(F)c(CC=O)c21.Cn1c(=O)ccc2ccc(F)c(CCNC[C@H]3CN(c4cnc5c(n4)CC(=O)CO5)C(=O)O3)c21.ICI.NC[C@H]1CN(c2cnc3c(n2)CC(=O)CO3)C(=O)O1.S.S.[V]. The van der Waals surface area contributed by atoms with Gasteiger partial charge in [-0.25, -0.2) is 38.3 Å². The predicted molar refractivity (Wildman–Crippen MR) is 295 cm³/mol. The Balaban J connectivity index is 0.000000252. The number of aryl methyl sites for hydroxylation is 2. The number of nitrogens with one attached hydrogen (secondary N) is 1. The van der Waals surface area contributed by atoms with Crippen LogP contribution in [0, 0.1) is 11.6 Å². The molecule has 4 aromatic heterocycles. The van der Waals surface area contributed by atoms with E-state index in [9.17, 15) is 42.3 Å².